The summed E-state index contributed by atoms with van der Waals surface area (Å²) in [5.41, 5.74) is 8.91. The van der Waals surface area contributed by atoms with Crippen LogP contribution >= 0.6 is 31.8 Å². The van der Waals surface area contributed by atoms with E-state index in [1.807, 2.05) is 9.24 Å². The average molecular weight is 558 g/mol. The molecule has 0 bridgehead atoms. The van der Waals surface area contributed by atoms with Crippen LogP contribution in [0.25, 0.3) is 0 Å². The van der Waals surface area contributed by atoms with Crippen molar-refractivity contribution in [3.8, 4) is 0 Å². The largest absolute Gasteiger partial charge is 0.458 e. The molecule has 0 saturated heterocycles. The summed E-state index contributed by atoms with van der Waals surface area (Å²) in [7, 11) is 1.89. The topological polar surface area (TPSA) is 105 Å². The highest BCUT2D eigenvalue weighted by Gasteiger charge is 2.27. The lowest BCUT2D eigenvalue weighted by molar-refractivity contribution is 0.0258. The molecule has 0 spiro atoms. The molecule has 6 nitrogen and oxygen atoms in total. The van der Waals surface area contributed by atoms with E-state index in [0.29, 0.717) is 0 Å². The minimum atomic E-state index is -1.46. The Morgan fingerprint density at radius 1 is 0.833 bits per heavy atom. The van der Waals surface area contributed by atoms with Gasteiger partial charge < -0.3 is 20.9 Å². The van der Waals surface area contributed by atoms with Crippen molar-refractivity contribution in [2.45, 2.75) is 13.8 Å². The molecule has 12 heteroatoms. The van der Waals surface area contributed by atoms with Crippen LogP contribution in [0.3, 0.4) is 0 Å². The molecule has 30 heavy (non-hydrogen) atoms. The van der Waals surface area contributed by atoms with E-state index in [1.165, 1.54) is 36.4 Å². The van der Waals surface area contributed by atoms with Gasteiger partial charge in [0.05, 0.1) is 14.9 Å². The number of benzene rings is 2. The van der Waals surface area contributed by atoms with Gasteiger partial charge >= 0.3 is 11.9 Å². The number of hydrogen-bond acceptors (Lipinski definition) is 6. The summed E-state index contributed by atoms with van der Waals surface area (Å²) in [4.78, 5) is 24.2. The molecule has 4 N–H and O–H groups in total. The second-order valence-electron chi connectivity index (χ2n) is 6.08. The maximum Gasteiger partial charge on any atom is 0.342 e. The van der Waals surface area contributed by atoms with Gasteiger partial charge in [0.1, 0.15) is 30.2 Å². The number of halogens is 5. The van der Waals surface area contributed by atoms with Crippen molar-refractivity contribution >= 4 is 60.4 Å². The molecule has 2 rings (SSSR count). The summed E-state index contributed by atoms with van der Waals surface area (Å²) in [5, 5.41) is -0.335. The summed E-state index contributed by atoms with van der Waals surface area (Å²) in [6, 6.07) is 0. The molecule has 2 aromatic rings. The molecule has 1 atom stereocenters. The van der Waals surface area contributed by atoms with E-state index in [1.54, 1.807) is 0 Å². The first kappa shape index (κ1) is 24.1. The normalized spacial score (nSPS) is 10.8. The maximum atomic E-state index is 14.3. The van der Waals surface area contributed by atoms with Crippen LogP contribution in [-0.2, 0) is 9.47 Å². The minimum absolute atomic E-state index is 0.0929. The van der Waals surface area contributed by atoms with Crippen molar-refractivity contribution in [3.05, 3.63) is 49.1 Å². The minimum Gasteiger partial charge on any atom is -0.458 e. The van der Waals surface area contributed by atoms with Crippen LogP contribution in [0.5, 0.6) is 0 Å². The van der Waals surface area contributed by atoms with E-state index >= 15 is 0 Å². The number of nitrogens with two attached hydrogens (primary N) is 2. The van der Waals surface area contributed by atoms with Gasteiger partial charge in [-0.1, -0.05) is 0 Å². The van der Waals surface area contributed by atoms with Crippen molar-refractivity contribution in [2.75, 3.05) is 24.7 Å². The molecule has 0 aliphatic heterocycles. The Morgan fingerprint density at radius 2 is 1.33 bits per heavy atom. The first-order chi connectivity index (χ1) is 13.9. The third kappa shape index (κ3) is 4.31. The quantitative estimate of drug-likeness (QED) is 0.111. The Bertz CT molecular complexity index is 924. The number of nitrogen functional groups attached to an aromatic ring is 2. The van der Waals surface area contributed by atoms with Crippen LogP contribution in [0.4, 0.5) is 28.9 Å². The zero-order valence-electron chi connectivity index (χ0n) is 15.7. The smallest absolute Gasteiger partial charge is 0.342 e. The summed E-state index contributed by atoms with van der Waals surface area (Å²) < 4.78 is 65.3. The maximum absolute atomic E-state index is 14.3. The molecule has 0 radical (unpaired) electrons. The molecule has 0 aliphatic carbocycles. The highest BCUT2D eigenvalue weighted by molar-refractivity contribution is 14.1. The highest BCUT2D eigenvalue weighted by atomic mass is 127. The molecule has 162 valence electrons. The van der Waals surface area contributed by atoms with Gasteiger partial charge in [-0.25, -0.2) is 27.2 Å². The molecular formula is C18H16F4IN2O4P. The fourth-order valence-electron chi connectivity index (χ4n) is 2.48. The monoisotopic (exact) mass is 558 g/mol. The van der Waals surface area contributed by atoms with Gasteiger partial charge in [0.2, 0.25) is 0 Å². The summed E-state index contributed by atoms with van der Waals surface area (Å²) in [5.74, 6) is -7.30. The zero-order chi connectivity index (χ0) is 22.9. The van der Waals surface area contributed by atoms with Crippen molar-refractivity contribution in [3.63, 3.8) is 0 Å². The van der Waals surface area contributed by atoms with Crippen LogP contribution in [0.2, 0.25) is 0 Å². The van der Waals surface area contributed by atoms with Crippen LogP contribution in [0.1, 0.15) is 31.8 Å². The molecule has 0 saturated carbocycles. The lowest BCUT2D eigenvalue weighted by Crippen LogP contribution is -2.22. The Kier molecular flexibility index (Phi) is 7.51. The number of ether oxygens (including phenoxy) is 2. The van der Waals surface area contributed by atoms with Crippen molar-refractivity contribution in [2.24, 2.45) is 0 Å². The van der Waals surface area contributed by atoms with E-state index in [9.17, 15) is 27.2 Å². The number of hydrogen-bond donors (Lipinski definition) is 2. The van der Waals surface area contributed by atoms with E-state index in [0.717, 1.165) is 0 Å². The van der Waals surface area contributed by atoms with Gasteiger partial charge in [0.15, 0.2) is 17.5 Å². The standard InChI is InChI=1S/C18H16F4IN2O4P/c1-5-6(2)14(24)11(21)9(19)7(5)17(26)28-3-4-29-18(27)8-10(20)16(30)15(25)12(22)13(8)23/h3-4,24-25,30H2,1-2H3. The van der Waals surface area contributed by atoms with Crippen molar-refractivity contribution in [1.29, 1.82) is 0 Å². The zero-order valence-corrected chi connectivity index (χ0v) is 19.0. The van der Waals surface area contributed by atoms with E-state index < -0.39 is 70.9 Å². The van der Waals surface area contributed by atoms with Gasteiger partial charge in [-0.15, -0.1) is 9.24 Å². The second-order valence-corrected chi connectivity index (χ2v) is 7.74. The van der Waals surface area contributed by atoms with Crippen molar-refractivity contribution < 1.29 is 36.6 Å². The molecule has 0 amide bonds. The number of anilines is 2. The predicted octanol–water partition coefficient (Wildman–Crippen LogP) is 3.14. The lowest BCUT2D eigenvalue weighted by atomic mass is 10.0. The molecule has 0 aromatic heterocycles. The third-order valence-corrected chi connectivity index (χ3v) is 5.92. The molecule has 2 aromatic carbocycles. The van der Waals surface area contributed by atoms with Gasteiger partial charge in [-0.05, 0) is 47.6 Å². The van der Waals surface area contributed by atoms with Gasteiger partial charge in [0, 0.05) is 5.30 Å². The number of carbonyl (C=O) groups excluding carboxylic acids is 2. The lowest BCUT2D eigenvalue weighted by Gasteiger charge is -2.14. The molecular weight excluding hydrogens is 542 g/mol. The first-order valence-corrected chi connectivity index (χ1v) is 9.86. The Hall–Kier alpha value is -2.14. The first-order valence-electron chi connectivity index (χ1n) is 8.20. The average Bonchev–Trinajstić information content (AvgIpc) is 2.71. The summed E-state index contributed by atoms with van der Waals surface area (Å²) >= 11 is 1.41. The van der Waals surface area contributed by atoms with Gasteiger partial charge in [-0.3, -0.25) is 0 Å². The van der Waals surface area contributed by atoms with Crippen LogP contribution < -0.4 is 16.8 Å². The second kappa shape index (κ2) is 9.34. The van der Waals surface area contributed by atoms with Gasteiger partial charge in [-0.2, -0.15) is 0 Å². The Morgan fingerprint density at radius 3 is 1.87 bits per heavy atom. The van der Waals surface area contributed by atoms with E-state index in [-0.39, 0.29) is 20.0 Å². The SMILES string of the molecule is Cc1c(C)c(C(=O)OCCOC(=O)c2c(F)c(P)c(N)c(F)c2I)c(F)c(F)c1N. The fourth-order valence-corrected chi connectivity index (χ4v) is 3.50. The van der Waals surface area contributed by atoms with Crippen LogP contribution in [0, 0.1) is 40.7 Å². The van der Waals surface area contributed by atoms with Crippen molar-refractivity contribution in [1.82, 2.24) is 0 Å². The number of esters is 2. The Balaban J connectivity index is 2.08. The highest BCUT2D eigenvalue weighted by Crippen LogP contribution is 2.28. The fraction of sp³-hybridized carbons (Fsp3) is 0.222. The molecule has 0 fully saturated rings. The molecule has 0 heterocycles. The van der Waals surface area contributed by atoms with E-state index in [2.05, 4.69) is 0 Å². The van der Waals surface area contributed by atoms with Crippen LogP contribution in [-0.4, -0.2) is 25.2 Å². The summed E-state index contributed by atoms with van der Waals surface area (Å²) in [6.45, 7) is 1.69. The third-order valence-electron chi connectivity index (χ3n) is 4.34. The summed E-state index contributed by atoms with van der Waals surface area (Å²) in [6.07, 6.45) is 0. The number of rotatable bonds is 5. The Labute approximate surface area is 184 Å². The van der Waals surface area contributed by atoms with E-state index in [4.69, 9.17) is 20.9 Å². The predicted molar refractivity (Wildman–Crippen MR) is 114 cm³/mol. The molecule has 0 aliphatic rings. The number of carbonyl (C=O) groups is 2. The molecule has 1 unspecified atom stereocenters. The van der Waals surface area contributed by atoms with Crippen LogP contribution in [0.15, 0.2) is 0 Å². The van der Waals surface area contributed by atoms with Gasteiger partial charge in [0.25, 0.3) is 0 Å².